The van der Waals surface area contributed by atoms with Gasteiger partial charge in [-0.3, -0.25) is 0 Å². The highest BCUT2D eigenvalue weighted by atomic mass is 14.6. The second kappa shape index (κ2) is 4.65. The van der Waals surface area contributed by atoms with Crippen LogP contribution >= 0.6 is 0 Å². The van der Waals surface area contributed by atoms with Crippen molar-refractivity contribution in [1.29, 1.82) is 5.26 Å². The summed E-state index contributed by atoms with van der Waals surface area (Å²) >= 11 is 0. The van der Waals surface area contributed by atoms with Crippen molar-refractivity contribution in [3.63, 3.8) is 0 Å². The van der Waals surface area contributed by atoms with Gasteiger partial charge in [0.05, 0.1) is 17.3 Å². The first-order valence-electron chi connectivity index (χ1n) is 5.07. The molecule has 0 amide bonds. The molecule has 1 rings (SSSR count). The number of rotatable bonds is 2. The monoisotopic (exact) mass is 200 g/mol. The van der Waals surface area contributed by atoms with Crippen LogP contribution in [0.4, 0.5) is 0 Å². The van der Waals surface area contributed by atoms with Crippen molar-refractivity contribution in [3.8, 4) is 6.07 Å². The standard InChI is InChI=1S/C13H16N2/c1-4-11(8-14)13(15)12-7-5-6-9(2)10(12)3/h5-7H,4,15H2,1-3H3/b13-11-. The first-order valence-corrected chi connectivity index (χ1v) is 5.07. The van der Waals surface area contributed by atoms with Crippen molar-refractivity contribution >= 4 is 5.70 Å². The quantitative estimate of drug-likeness (QED) is 0.746. The molecule has 0 bridgehead atoms. The lowest BCUT2D eigenvalue weighted by atomic mass is 9.98. The molecule has 0 unspecified atom stereocenters. The van der Waals surface area contributed by atoms with Crippen molar-refractivity contribution < 1.29 is 0 Å². The van der Waals surface area contributed by atoms with Gasteiger partial charge < -0.3 is 5.73 Å². The van der Waals surface area contributed by atoms with Crippen molar-refractivity contribution in [1.82, 2.24) is 0 Å². The Bertz CT molecular complexity index is 436. The maximum atomic E-state index is 8.93. The van der Waals surface area contributed by atoms with Crippen LogP contribution in [-0.2, 0) is 0 Å². The number of benzene rings is 1. The van der Waals surface area contributed by atoms with E-state index in [2.05, 4.69) is 6.07 Å². The van der Waals surface area contributed by atoms with Gasteiger partial charge >= 0.3 is 0 Å². The molecule has 0 heterocycles. The van der Waals surface area contributed by atoms with E-state index >= 15 is 0 Å². The lowest BCUT2D eigenvalue weighted by molar-refractivity contribution is 1.14. The van der Waals surface area contributed by atoms with E-state index in [9.17, 15) is 0 Å². The Kier molecular flexibility index (Phi) is 3.51. The Balaban J connectivity index is 3.35. The van der Waals surface area contributed by atoms with Crippen LogP contribution in [0.3, 0.4) is 0 Å². The third-order valence-corrected chi connectivity index (χ3v) is 2.71. The van der Waals surface area contributed by atoms with Crippen LogP contribution in [0.1, 0.15) is 30.0 Å². The van der Waals surface area contributed by atoms with Gasteiger partial charge in [0.25, 0.3) is 0 Å². The van der Waals surface area contributed by atoms with Gasteiger partial charge in [-0.15, -0.1) is 0 Å². The summed E-state index contributed by atoms with van der Waals surface area (Å²) in [4.78, 5) is 0. The van der Waals surface area contributed by atoms with Crippen LogP contribution in [0, 0.1) is 25.2 Å². The fourth-order valence-electron chi connectivity index (χ4n) is 1.54. The molecule has 0 saturated carbocycles. The maximum Gasteiger partial charge on any atom is 0.0968 e. The predicted octanol–water partition coefficient (Wildman–Crippen LogP) is 2.91. The lowest BCUT2D eigenvalue weighted by Gasteiger charge is -2.10. The fraction of sp³-hybridized carbons (Fsp3) is 0.308. The molecule has 0 fully saturated rings. The molecule has 78 valence electrons. The Morgan fingerprint density at radius 3 is 2.60 bits per heavy atom. The van der Waals surface area contributed by atoms with E-state index in [0.717, 1.165) is 11.1 Å². The number of hydrogen-bond acceptors (Lipinski definition) is 2. The Hall–Kier alpha value is -1.75. The van der Waals surface area contributed by atoms with E-state index in [0.29, 0.717) is 17.7 Å². The molecule has 0 aliphatic carbocycles. The summed E-state index contributed by atoms with van der Waals surface area (Å²) in [7, 11) is 0. The van der Waals surface area contributed by atoms with Gasteiger partial charge in [0.15, 0.2) is 0 Å². The number of allylic oxidation sites excluding steroid dienone is 1. The van der Waals surface area contributed by atoms with Crippen molar-refractivity contribution in [2.24, 2.45) is 5.73 Å². The van der Waals surface area contributed by atoms with E-state index in [1.165, 1.54) is 5.56 Å². The molecule has 0 aromatic heterocycles. The summed E-state index contributed by atoms with van der Waals surface area (Å²) in [5.41, 5.74) is 10.6. The zero-order valence-electron chi connectivity index (χ0n) is 9.46. The molecule has 1 aromatic rings. The zero-order valence-corrected chi connectivity index (χ0v) is 9.46. The Morgan fingerprint density at radius 1 is 1.40 bits per heavy atom. The molecule has 0 saturated heterocycles. The van der Waals surface area contributed by atoms with Crippen LogP contribution in [0.2, 0.25) is 0 Å². The minimum Gasteiger partial charge on any atom is -0.397 e. The molecule has 2 nitrogen and oxygen atoms in total. The van der Waals surface area contributed by atoms with Crippen LogP contribution in [0.5, 0.6) is 0 Å². The number of aryl methyl sites for hydroxylation is 1. The van der Waals surface area contributed by atoms with E-state index in [1.54, 1.807) is 0 Å². The second-order valence-corrected chi connectivity index (χ2v) is 3.61. The summed E-state index contributed by atoms with van der Waals surface area (Å²) < 4.78 is 0. The van der Waals surface area contributed by atoms with Crippen LogP contribution in [0.15, 0.2) is 23.8 Å². The van der Waals surface area contributed by atoms with Gasteiger partial charge in [0.2, 0.25) is 0 Å². The third-order valence-electron chi connectivity index (χ3n) is 2.71. The largest absolute Gasteiger partial charge is 0.397 e. The molecule has 0 aliphatic rings. The normalized spacial score (nSPS) is 11.9. The molecule has 15 heavy (non-hydrogen) atoms. The molecule has 2 heteroatoms. The second-order valence-electron chi connectivity index (χ2n) is 3.61. The molecule has 1 aromatic carbocycles. The Labute approximate surface area is 91.0 Å². The predicted molar refractivity (Wildman–Crippen MR) is 62.9 cm³/mol. The molecule has 0 radical (unpaired) electrons. The van der Waals surface area contributed by atoms with Crippen LogP contribution < -0.4 is 5.73 Å². The first-order chi connectivity index (χ1) is 7.11. The first kappa shape index (κ1) is 11.3. The summed E-state index contributed by atoms with van der Waals surface area (Å²) in [5, 5.41) is 8.93. The smallest absolute Gasteiger partial charge is 0.0968 e. The van der Waals surface area contributed by atoms with Crippen molar-refractivity contribution in [3.05, 3.63) is 40.5 Å². The number of nitriles is 1. The third kappa shape index (κ3) is 2.19. The molecule has 0 aliphatic heterocycles. The molecule has 0 atom stereocenters. The van der Waals surface area contributed by atoms with E-state index in [1.807, 2.05) is 39.0 Å². The highest BCUT2D eigenvalue weighted by Crippen LogP contribution is 2.21. The molecular weight excluding hydrogens is 184 g/mol. The molecular formula is C13H16N2. The number of hydrogen-bond donors (Lipinski definition) is 1. The van der Waals surface area contributed by atoms with Crippen molar-refractivity contribution in [2.75, 3.05) is 0 Å². The average molecular weight is 200 g/mol. The highest BCUT2D eigenvalue weighted by molar-refractivity contribution is 5.71. The maximum absolute atomic E-state index is 8.93. The summed E-state index contributed by atoms with van der Waals surface area (Å²) in [6, 6.07) is 8.13. The number of nitrogens with zero attached hydrogens (tertiary/aromatic N) is 1. The molecule has 2 N–H and O–H groups in total. The minimum absolute atomic E-state index is 0.612. The van der Waals surface area contributed by atoms with Crippen LogP contribution in [0.25, 0.3) is 5.70 Å². The molecule has 0 spiro atoms. The van der Waals surface area contributed by atoms with Gasteiger partial charge in [-0.2, -0.15) is 5.26 Å². The lowest BCUT2D eigenvalue weighted by Crippen LogP contribution is -2.03. The van der Waals surface area contributed by atoms with E-state index in [4.69, 9.17) is 11.0 Å². The van der Waals surface area contributed by atoms with Crippen molar-refractivity contribution in [2.45, 2.75) is 27.2 Å². The number of nitrogens with two attached hydrogens (primary N) is 1. The van der Waals surface area contributed by atoms with Gasteiger partial charge in [0, 0.05) is 5.56 Å². The summed E-state index contributed by atoms with van der Waals surface area (Å²) in [5.74, 6) is 0. The van der Waals surface area contributed by atoms with Gasteiger partial charge in [-0.05, 0) is 31.4 Å². The Morgan fingerprint density at radius 2 is 2.07 bits per heavy atom. The zero-order chi connectivity index (χ0) is 11.4. The van der Waals surface area contributed by atoms with Gasteiger partial charge in [-0.1, -0.05) is 25.1 Å². The topological polar surface area (TPSA) is 49.8 Å². The van der Waals surface area contributed by atoms with E-state index < -0.39 is 0 Å². The average Bonchev–Trinajstić information content (AvgIpc) is 2.23. The van der Waals surface area contributed by atoms with E-state index in [-0.39, 0.29) is 0 Å². The summed E-state index contributed by atoms with van der Waals surface area (Å²) in [6.07, 6.45) is 0.676. The van der Waals surface area contributed by atoms with Gasteiger partial charge in [-0.25, -0.2) is 0 Å². The fourth-order valence-corrected chi connectivity index (χ4v) is 1.54. The SMILES string of the molecule is CC/C(C#N)=C(/N)c1cccc(C)c1C. The minimum atomic E-state index is 0.612. The van der Waals surface area contributed by atoms with Crippen LogP contribution in [-0.4, -0.2) is 0 Å². The highest BCUT2D eigenvalue weighted by Gasteiger charge is 2.07. The van der Waals surface area contributed by atoms with Gasteiger partial charge in [0.1, 0.15) is 0 Å². The summed E-state index contributed by atoms with van der Waals surface area (Å²) in [6.45, 7) is 6.02.